The van der Waals surface area contributed by atoms with Crippen molar-refractivity contribution >= 4 is 23.6 Å². The number of likely N-dealkylation sites (tertiary alicyclic amines) is 1. The summed E-state index contributed by atoms with van der Waals surface area (Å²) >= 11 is 5.93. The lowest BCUT2D eigenvalue weighted by atomic mass is 9.84. The van der Waals surface area contributed by atoms with Gasteiger partial charge in [-0.1, -0.05) is 66.2 Å². The summed E-state index contributed by atoms with van der Waals surface area (Å²) in [5, 5.41) is 3.54. The minimum Gasteiger partial charge on any atom is -0.438 e. The quantitative estimate of drug-likeness (QED) is 0.412. The van der Waals surface area contributed by atoms with Crippen molar-refractivity contribution in [2.24, 2.45) is 0 Å². The molecule has 5 nitrogen and oxygen atoms in total. The third kappa shape index (κ3) is 6.85. The Morgan fingerprint density at radius 1 is 0.889 bits per heavy atom. The predicted octanol–water partition coefficient (Wildman–Crippen LogP) is 5.90. The number of alkyl carbamates (subject to hydrolysis) is 1. The molecule has 1 aliphatic rings. The number of aryl methyl sites for hydroxylation is 1. The van der Waals surface area contributed by atoms with Crippen molar-refractivity contribution < 1.29 is 18.7 Å². The molecule has 3 aromatic rings. The molecule has 3 aromatic carbocycles. The number of ether oxygens (including phenoxy) is 1. The molecule has 0 bridgehead atoms. The number of amides is 2. The Labute approximate surface area is 216 Å². The summed E-state index contributed by atoms with van der Waals surface area (Å²) in [5.41, 5.74) is 2.14. The van der Waals surface area contributed by atoms with Crippen LogP contribution in [-0.2, 0) is 28.0 Å². The third-order valence-corrected chi connectivity index (χ3v) is 6.90. The van der Waals surface area contributed by atoms with Crippen molar-refractivity contribution in [3.8, 4) is 0 Å². The van der Waals surface area contributed by atoms with Gasteiger partial charge in [0.2, 0.25) is 5.91 Å². The van der Waals surface area contributed by atoms with Crippen molar-refractivity contribution in [3.63, 3.8) is 0 Å². The molecule has 36 heavy (non-hydrogen) atoms. The zero-order valence-corrected chi connectivity index (χ0v) is 20.8. The first-order chi connectivity index (χ1) is 17.4. The molecular weight excluding hydrogens is 479 g/mol. The van der Waals surface area contributed by atoms with Gasteiger partial charge in [-0.3, -0.25) is 4.79 Å². The second-order valence-corrected chi connectivity index (χ2v) is 9.50. The Morgan fingerprint density at radius 3 is 2.17 bits per heavy atom. The normalized spacial score (nSPS) is 14.8. The Hall–Kier alpha value is -3.38. The Kier molecular flexibility index (Phi) is 8.60. The molecule has 188 valence electrons. The first-order valence-electron chi connectivity index (χ1n) is 12.2. The van der Waals surface area contributed by atoms with Gasteiger partial charge in [0, 0.05) is 43.9 Å². The number of piperidine rings is 1. The van der Waals surface area contributed by atoms with Crippen LogP contribution in [0.15, 0.2) is 78.9 Å². The summed E-state index contributed by atoms with van der Waals surface area (Å²) in [4.78, 5) is 27.4. The van der Waals surface area contributed by atoms with E-state index in [0.717, 1.165) is 16.7 Å². The van der Waals surface area contributed by atoms with E-state index in [1.807, 2.05) is 59.5 Å². The largest absolute Gasteiger partial charge is 0.438 e. The molecule has 1 N–H and O–H groups in total. The number of carbonyl (C=O) groups is 2. The zero-order chi connectivity index (χ0) is 25.4. The second-order valence-electron chi connectivity index (χ2n) is 9.06. The number of nitrogens with one attached hydrogen (secondary N) is 1. The van der Waals surface area contributed by atoms with Crippen LogP contribution in [0.1, 0.15) is 36.0 Å². The summed E-state index contributed by atoms with van der Waals surface area (Å²) in [6.07, 6.45) is 2.15. The van der Waals surface area contributed by atoms with Crippen molar-refractivity contribution in [2.75, 3.05) is 19.6 Å². The van der Waals surface area contributed by atoms with Crippen LogP contribution in [0.3, 0.4) is 0 Å². The van der Waals surface area contributed by atoms with Crippen LogP contribution in [0, 0.1) is 5.82 Å². The van der Waals surface area contributed by atoms with Crippen LogP contribution in [0.2, 0.25) is 5.02 Å². The van der Waals surface area contributed by atoms with Gasteiger partial charge >= 0.3 is 6.09 Å². The van der Waals surface area contributed by atoms with Crippen LogP contribution in [-0.4, -0.2) is 36.5 Å². The van der Waals surface area contributed by atoms with Gasteiger partial charge in [0.25, 0.3) is 0 Å². The topological polar surface area (TPSA) is 58.6 Å². The number of rotatable bonds is 8. The molecule has 0 aliphatic carbocycles. The van der Waals surface area contributed by atoms with Gasteiger partial charge in [-0.05, 0) is 53.8 Å². The smallest absolute Gasteiger partial charge is 0.408 e. The molecule has 0 spiro atoms. The SMILES string of the molecule is O=C(NCCc1ccc(Cl)cc1)OC1(c2ccccc2)CCN(C(=O)CCc2ccc(F)cc2)CC1. The fraction of sp³-hybridized carbons (Fsp3) is 0.310. The summed E-state index contributed by atoms with van der Waals surface area (Å²) in [6.45, 7) is 1.43. The van der Waals surface area contributed by atoms with E-state index >= 15 is 0 Å². The molecule has 0 aromatic heterocycles. The van der Waals surface area contributed by atoms with E-state index in [9.17, 15) is 14.0 Å². The standard InChI is InChI=1S/C29H30ClFN2O3/c30-25-11-6-23(7-12-25)16-19-32-28(35)36-29(24-4-2-1-3-5-24)17-20-33(21-18-29)27(34)15-10-22-8-13-26(31)14-9-22/h1-9,11-14H,10,15-21H2,(H,32,35). The van der Waals surface area contributed by atoms with Crippen LogP contribution < -0.4 is 5.32 Å². The average molecular weight is 509 g/mol. The van der Waals surface area contributed by atoms with E-state index in [1.54, 1.807) is 12.1 Å². The van der Waals surface area contributed by atoms with Gasteiger partial charge in [0.15, 0.2) is 0 Å². The first kappa shape index (κ1) is 25.7. The van der Waals surface area contributed by atoms with Gasteiger partial charge in [-0.25, -0.2) is 9.18 Å². The molecule has 1 saturated heterocycles. The molecule has 0 saturated carbocycles. The highest BCUT2D eigenvalue weighted by atomic mass is 35.5. The highest BCUT2D eigenvalue weighted by molar-refractivity contribution is 6.30. The Bertz CT molecular complexity index is 1150. The number of nitrogens with zero attached hydrogens (tertiary/aromatic N) is 1. The molecule has 1 fully saturated rings. The number of hydrogen-bond donors (Lipinski definition) is 1. The van der Waals surface area contributed by atoms with E-state index in [2.05, 4.69) is 5.32 Å². The Morgan fingerprint density at radius 2 is 1.50 bits per heavy atom. The highest BCUT2D eigenvalue weighted by Crippen LogP contribution is 2.37. The molecule has 7 heteroatoms. The second kappa shape index (κ2) is 12.0. The molecule has 1 aliphatic heterocycles. The fourth-order valence-electron chi connectivity index (χ4n) is 4.54. The summed E-state index contributed by atoms with van der Waals surface area (Å²) < 4.78 is 19.2. The van der Waals surface area contributed by atoms with Gasteiger partial charge < -0.3 is 15.0 Å². The van der Waals surface area contributed by atoms with Crippen LogP contribution in [0.5, 0.6) is 0 Å². The lowest BCUT2D eigenvalue weighted by molar-refractivity contribution is -0.135. The van der Waals surface area contributed by atoms with Crippen molar-refractivity contribution in [2.45, 2.75) is 37.7 Å². The molecule has 0 atom stereocenters. The lowest BCUT2D eigenvalue weighted by Crippen LogP contribution is -2.48. The van der Waals surface area contributed by atoms with E-state index in [4.69, 9.17) is 16.3 Å². The first-order valence-corrected chi connectivity index (χ1v) is 12.6. The van der Waals surface area contributed by atoms with Gasteiger partial charge in [0.05, 0.1) is 0 Å². The number of halogens is 2. The van der Waals surface area contributed by atoms with Gasteiger partial charge in [-0.15, -0.1) is 0 Å². The molecule has 0 unspecified atom stereocenters. The predicted molar refractivity (Wildman–Crippen MR) is 138 cm³/mol. The molecular formula is C29H30ClFN2O3. The summed E-state index contributed by atoms with van der Waals surface area (Å²) in [7, 11) is 0. The van der Waals surface area contributed by atoms with Crippen molar-refractivity contribution in [1.29, 1.82) is 0 Å². The minimum absolute atomic E-state index is 0.0494. The molecule has 4 rings (SSSR count). The number of carbonyl (C=O) groups excluding carboxylic acids is 2. The maximum atomic E-state index is 13.1. The Balaban J connectivity index is 1.33. The van der Waals surface area contributed by atoms with Gasteiger partial charge in [0.1, 0.15) is 11.4 Å². The highest BCUT2D eigenvalue weighted by Gasteiger charge is 2.40. The maximum Gasteiger partial charge on any atom is 0.408 e. The van der Waals surface area contributed by atoms with Crippen LogP contribution >= 0.6 is 11.6 Å². The van der Waals surface area contributed by atoms with Gasteiger partial charge in [-0.2, -0.15) is 0 Å². The number of benzene rings is 3. The summed E-state index contributed by atoms with van der Waals surface area (Å²) in [6, 6.07) is 23.5. The van der Waals surface area contributed by atoms with E-state index < -0.39 is 11.7 Å². The maximum absolute atomic E-state index is 13.1. The lowest BCUT2D eigenvalue weighted by Gasteiger charge is -2.41. The van der Waals surface area contributed by atoms with Crippen LogP contribution in [0.4, 0.5) is 9.18 Å². The van der Waals surface area contributed by atoms with E-state index in [0.29, 0.717) is 56.8 Å². The van der Waals surface area contributed by atoms with Crippen LogP contribution in [0.25, 0.3) is 0 Å². The number of hydrogen-bond acceptors (Lipinski definition) is 3. The molecule has 0 radical (unpaired) electrons. The fourth-order valence-corrected chi connectivity index (χ4v) is 4.67. The molecule has 2 amide bonds. The minimum atomic E-state index is -0.792. The van der Waals surface area contributed by atoms with Crippen molar-refractivity contribution in [1.82, 2.24) is 10.2 Å². The molecule has 1 heterocycles. The van der Waals surface area contributed by atoms with Crippen molar-refractivity contribution in [3.05, 3.63) is 106 Å². The third-order valence-electron chi connectivity index (χ3n) is 6.65. The van der Waals surface area contributed by atoms with E-state index in [1.165, 1.54) is 12.1 Å². The van der Waals surface area contributed by atoms with E-state index in [-0.39, 0.29) is 11.7 Å². The average Bonchev–Trinajstić information content (AvgIpc) is 2.90. The monoisotopic (exact) mass is 508 g/mol. The summed E-state index contributed by atoms with van der Waals surface area (Å²) in [5.74, 6) is -0.235. The zero-order valence-electron chi connectivity index (χ0n) is 20.1.